The second-order valence-electron chi connectivity index (χ2n) is 11.7. The van der Waals surface area contributed by atoms with E-state index in [4.69, 9.17) is 35.2 Å². The first-order valence-corrected chi connectivity index (χ1v) is 17.1. The van der Waals surface area contributed by atoms with Crippen molar-refractivity contribution in [1.82, 2.24) is 0 Å². The van der Waals surface area contributed by atoms with Gasteiger partial charge < -0.3 is 35.2 Å². The van der Waals surface area contributed by atoms with E-state index in [-0.39, 0.29) is 5.97 Å². The van der Waals surface area contributed by atoms with Crippen molar-refractivity contribution in [2.75, 3.05) is 38.4 Å². The number of hydrogen-bond donors (Lipinski definition) is 2. The van der Waals surface area contributed by atoms with Gasteiger partial charge in [-0.05, 0) is 85.5 Å². The maximum Gasteiger partial charge on any atom is 0.338 e. The first-order valence-electron chi connectivity index (χ1n) is 17.1. The molecule has 0 radical (unpaired) electrons. The zero-order valence-electron chi connectivity index (χ0n) is 28.5. The van der Waals surface area contributed by atoms with Gasteiger partial charge in [0, 0.05) is 17.5 Å². The Kier molecular flexibility index (Phi) is 17.3. The zero-order chi connectivity index (χ0) is 34.4. The Hall–Kier alpha value is -4.66. The maximum atomic E-state index is 12.3. The fourth-order valence-corrected chi connectivity index (χ4v) is 5.03. The topological polar surface area (TPSA) is 132 Å². The van der Waals surface area contributed by atoms with Crippen molar-refractivity contribution in [2.45, 2.75) is 84.0 Å². The quantitative estimate of drug-likeness (QED) is 0.0337. The Morgan fingerprint density at radius 2 is 1.23 bits per heavy atom. The van der Waals surface area contributed by atoms with Crippen LogP contribution in [0.25, 0.3) is 6.08 Å². The number of methoxy groups -OCH3 is 1. The van der Waals surface area contributed by atoms with E-state index in [2.05, 4.69) is 6.92 Å². The summed E-state index contributed by atoms with van der Waals surface area (Å²) in [6, 6.07) is 17.4. The molecule has 0 fully saturated rings. The van der Waals surface area contributed by atoms with Crippen LogP contribution < -0.4 is 30.4 Å². The number of benzene rings is 3. The second-order valence-corrected chi connectivity index (χ2v) is 11.7. The summed E-state index contributed by atoms with van der Waals surface area (Å²) in [5.74, 6) is 1.66. The lowest BCUT2D eigenvalue weighted by molar-refractivity contribution is -0.128. The van der Waals surface area contributed by atoms with Crippen LogP contribution in [0.1, 0.15) is 99.9 Å². The number of hydrogen-bond acceptors (Lipinski definition) is 9. The van der Waals surface area contributed by atoms with E-state index in [1.54, 1.807) is 55.7 Å². The largest absolute Gasteiger partial charge is 0.494 e. The number of anilines is 2. The molecule has 3 rings (SSSR count). The van der Waals surface area contributed by atoms with E-state index in [1.165, 1.54) is 25.3 Å². The molecule has 0 saturated carbocycles. The van der Waals surface area contributed by atoms with Crippen LogP contribution in [-0.4, -0.2) is 38.9 Å². The van der Waals surface area contributed by atoms with Crippen molar-refractivity contribution in [3.63, 3.8) is 0 Å². The van der Waals surface area contributed by atoms with E-state index in [1.807, 2.05) is 18.2 Å². The number of carbonyl (C=O) groups is 2. The number of nitrogens with two attached hydrogens (primary N) is 2. The van der Waals surface area contributed by atoms with Crippen LogP contribution in [0.4, 0.5) is 11.4 Å². The van der Waals surface area contributed by atoms with E-state index < -0.39 is 5.97 Å². The fourth-order valence-electron chi connectivity index (χ4n) is 5.03. The van der Waals surface area contributed by atoms with Gasteiger partial charge in [-0.3, -0.25) is 0 Å². The fraction of sp³-hybridized carbons (Fsp3) is 0.436. The van der Waals surface area contributed by atoms with Gasteiger partial charge in [-0.15, -0.1) is 0 Å². The molecular weight excluding hydrogens is 608 g/mol. The van der Waals surface area contributed by atoms with E-state index in [9.17, 15) is 9.59 Å². The SMILES string of the molecule is CCCCCOc1ccc(OC(=O)/C=C/c2ccc(OCCCCCCCCCCCOC(=O)c3cc(N)cc(N)c3)c(OC)c2)cc1. The molecule has 0 aliphatic rings. The average Bonchev–Trinajstić information content (AvgIpc) is 3.08. The summed E-state index contributed by atoms with van der Waals surface area (Å²) in [5.41, 5.74) is 13.6. The molecule has 3 aromatic rings. The van der Waals surface area contributed by atoms with Gasteiger partial charge in [0.1, 0.15) is 11.5 Å². The van der Waals surface area contributed by atoms with Crippen LogP contribution in [0.3, 0.4) is 0 Å². The lowest BCUT2D eigenvalue weighted by Gasteiger charge is -2.11. The molecule has 0 amide bonds. The first-order chi connectivity index (χ1) is 23.4. The maximum absolute atomic E-state index is 12.3. The number of carbonyl (C=O) groups excluding carboxylic acids is 2. The lowest BCUT2D eigenvalue weighted by Crippen LogP contribution is -2.07. The van der Waals surface area contributed by atoms with E-state index in [0.717, 1.165) is 69.1 Å². The van der Waals surface area contributed by atoms with Crippen molar-refractivity contribution >= 4 is 29.4 Å². The molecule has 9 heteroatoms. The van der Waals surface area contributed by atoms with Crippen LogP contribution in [0.5, 0.6) is 23.0 Å². The Bertz CT molecular complexity index is 1400. The van der Waals surface area contributed by atoms with Crippen LogP contribution >= 0.6 is 0 Å². The second kappa shape index (κ2) is 22.0. The highest BCUT2D eigenvalue weighted by atomic mass is 16.5. The van der Waals surface area contributed by atoms with Crippen molar-refractivity contribution in [1.29, 1.82) is 0 Å². The molecule has 0 aliphatic heterocycles. The Morgan fingerprint density at radius 1 is 0.646 bits per heavy atom. The zero-order valence-corrected chi connectivity index (χ0v) is 28.5. The Balaban J connectivity index is 1.23. The summed E-state index contributed by atoms with van der Waals surface area (Å²) < 4.78 is 27.9. The van der Waals surface area contributed by atoms with Crippen LogP contribution in [-0.2, 0) is 9.53 Å². The molecule has 4 N–H and O–H groups in total. The summed E-state index contributed by atoms with van der Waals surface area (Å²) in [6.45, 7) is 3.85. The van der Waals surface area contributed by atoms with Crippen LogP contribution in [0, 0.1) is 0 Å². The first kappa shape index (κ1) is 37.8. The van der Waals surface area contributed by atoms with Crippen molar-refractivity contribution in [2.24, 2.45) is 0 Å². The minimum atomic E-state index is -0.467. The predicted octanol–water partition coefficient (Wildman–Crippen LogP) is 8.79. The number of ether oxygens (including phenoxy) is 5. The summed E-state index contributed by atoms with van der Waals surface area (Å²) >= 11 is 0. The average molecular weight is 661 g/mol. The monoisotopic (exact) mass is 660 g/mol. The molecule has 0 heterocycles. The molecule has 0 unspecified atom stereocenters. The number of esters is 2. The lowest BCUT2D eigenvalue weighted by atomic mass is 10.1. The summed E-state index contributed by atoms with van der Waals surface area (Å²) in [5, 5.41) is 0. The Labute approximate surface area is 285 Å². The molecule has 3 aromatic carbocycles. The van der Waals surface area contributed by atoms with Gasteiger partial charge in [-0.25, -0.2) is 9.59 Å². The minimum Gasteiger partial charge on any atom is -0.494 e. The standard InChI is InChI=1S/C39H52N2O7/c1-3-4-12-23-45-34-17-19-35(20-18-34)48-38(42)22-16-30-15-21-36(37(26-30)44-2)46-24-13-10-8-6-5-7-9-11-14-25-47-39(43)31-27-32(40)29-33(41)28-31/h15-22,26-29H,3-14,23-25,40-41H2,1-2H3/b22-16+. The highest BCUT2D eigenvalue weighted by molar-refractivity contribution is 5.91. The molecule has 0 bridgehead atoms. The summed E-state index contributed by atoms with van der Waals surface area (Å²) in [6.07, 6.45) is 16.2. The normalized spacial score (nSPS) is 11.0. The minimum absolute atomic E-state index is 0.387. The Morgan fingerprint density at radius 3 is 1.88 bits per heavy atom. The van der Waals surface area contributed by atoms with Crippen molar-refractivity contribution < 1.29 is 33.3 Å². The van der Waals surface area contributed by atoms with Gasteiger partial charge in [0.25, 0.3) is 0 Å². The van der Waals surface area contributed by atoms with Crippen molar-refractivity contribution in [3.8, 4) is 23.0 Å². The van der Waals surface area contributed by atoms with E-state index >= 15 is 0 Å². The molecule has 48 heavy (non-hydrogen) atoms. The third-order valence-corrected chi connectivity index (χ3v) is 7.65. The molecule has 0 aliphatic carbocycles. The summed E-state index contributed by atoms with van der Waals surface area (Å²) in [4.78, 5) is 24.5. The highest BCUT2D eigenvalue weighted by Crippen LogP contribution is 2.29. The van der Waals surface area contributed by atoms with Crippen LogP contribution in [0.2, 0.25) is 0 Å². The predicted molar refractivity (Wildman–Crippen MR) is 192 cm³/mol. The molecular formula is C39H52N2O7. The van der Waals surface area contributed by atoms with Gasteiger partial charge in [0.2, 0.25) is 0 Å². The molecule has 0 atom stereocenters. The third kappa shape index (κ3) is 14.8. The smallest absolute Gasteiger partial charge is 0.338 e. The van der Waals surface area contributed by atoms with Gasteiger partial charge >= 0.3 is 11.9 Å². The number of rotatable bonds is 23. The van der Waals surface area contributed by atoms with Gasteiger partial charge in [0.05, 0.1) is 32.5 Å². The van der Waals surface area contributed by atoms with E-state index in [0.29, 0.717) is 54.0 Å². The molecule has 0 aromatic heterocycles. The summed E-state index contributed by atoms with van der Waals surface area (Å²) in [7, 11) is 1.60. The number of unbranched alkanes of at least 4 members (excludes halogenated alkanes) is 10. The highest BCUT2D eigenvalue weighted by Gasteiger charge is 2.09. The van der Waals surface area contributed by atoms with Gasteiger partial charge in [-0.1, -0.05) is 70.8 Å². The molecule has 9 nitrogen and oxygen atoms in total. The van der Waals surface area contributed by atoms with Crippen molar-refractivity contribution in [3.05, 3.63) is 77.9 Å². The van der Waals surface area contributed by atoms with Gasteiger partial charge in [0.15, 0.2) is 11.5 Å². The molecule has 260 valence electrons. The molecule has 0 spiro atoms. The van der Waals surface area contributed by atoms with Crippen LogP contribution in [0.15, 0.2) is 66.7 Å². The van der Waals surface area contributed by atoms with Gasteiger partial charge in [-0.2, -0.15) is 0 Å². The third-order valence-electron chi connectivity index (χ3n) is 7.65. The molecule has 0 saturated heterocycles. The number of nitrogen functional groups attached to an aromatic ring is 2.